The van der Waals surface area contributed by atoms with Crippen molar-refractivity contribution >= 4 is 11.3 Å². The first-order valence-electron chi connectivity index (χ1n) is 3.14. The Morgan fingerprint density at radius 1 is 1.55 bits per heavy atom. The van der Waals surface area contributed by atoms with Crippen LogP contribution in [0.2, 0.25) is 0 Å². The molecular weight excluding hydrogens is 160 g/mol. The predicted octanol–water partition coefficient (Wildman–Crippen LogP) is 0.939. The van der Waals surface area contributed by atoms with Crippen LogP contribution < -0.4 is 0 Å². The molecule has 2 aromatic rings. The number of aromatic nitrogens is 4. The van der Waals surface area contributed by atoms with Crippen molar-refractivity contribution in [1.82, 2.24) is 20.2 Å². The average Bonchev–Trinajstić information content (AvgIpc) is 2.55. The average molecular weight is 166 g/mol. The molecule has 0 fully saturated rings. The molecule has 5 heteroatoms. The van der Waals surface area contributed by atoms with Gasteiger partial charge in [-0.2, -0.15) is 0 Å². The lowest BCUT2D eigenvalue weighted by atomic mass is 10.4. The van der Waals surface area contributed by atoms with Crippen LogP contribution in [0.15, 0.2) is 17.5 Å². The summed E-state index contributed by atoms with van der Waals surface area (Å²) in [6.07, 6.45) is 0. The molecule has 0 unspecified atom stereocenters. The molecule has 0 radical (unpaired) electrons. The summed E-state index contributed by atoms with van der Waals surface area (Å²) in [4.78, 5) is 1.09. The molecule has 0 aliphatic carbocycles. The number of thiophene rings is 1. The molecule has 0 spiro atoms. The van der Waals surface area contributed by atoms with Crippen molar-refractivity contribution in [3.63, 3.8) is 0 Å². The fraction of sp³-hybridized carbons (Fsp3) is 0.167. The third-order valence-corrected chi connectivity index (χ3v) is 2.23. The second-order valence-electron chi connectivity index (χ2n) is 2.10. The van der Waals surface area contributed by atoms with Crippen LogP contribution in [0, 0.1) is 0 Å². The lowest BCUT2D eigenvalue weighted by Gasteiger charge is -1.90. The van der Waals surface area contributed by atoms with E-state index in [4.69, 9.17) is 0 Å². The zero-order chi connectivity index (χ0) is 7.68. The highest BCUT2D eigenvalue weighted by Gasteiger charge is 2.04. The fourth-order valence-corrected chi connectivity index (χ4v) is 1.58. The van der Waals surface area contributed by atoms with Gasteiger partial charge in [-0.05, 0) is 21.9 Å². The first-order valence-corrected chi connectivity index (χ1v) is 4.02. The molecule has 0 saturated carbocycles. The van der Waals surface area contributed by atoms with E-state index in [2.05, 4.69) is 15.5 Å². The summed E-state index contributed by atoms with van der Waals surface area (Å²) in [5.74, 6) is 0.819. The van der Waals surface area contributed by atoms with Crippen LogP contribution >= 0.6 is 11.3 Å². The van der Waals surface area contributed by atoms with Gasteiger partial charge in [-0.3, -0.25) is 0 Å². The summed E-state index contributed by atoms with van der Waals surface area (Å²) < 4.78 is 1.66. The van der Waals surface area contributed by atoms with Crippen LogP contribution in [-0.4, -0.2) is 20.2 Å². The summed E-state index contributed by atoms with van der Waals surface area (Å²) >= 11 is 1.63. The van der Waals surface area contributed by atoms with Crippen LogP contribution in [0.5, 0.6) is 0 Å². The molecule has 2 aromatic heterocycles. The van der Waals surface area contributed by atoms with Crippen molar-refractivity contribution in [3.8, 4) is 10.7 Å². The molecule has 0 aliphatic heterocycles. The molecule has 11 heavy (non-hydrogen) atoms. The molecule has 0 N–H and O–H groups in total. The van der Waals surface area contributed by atoms with Gasteiger partial charge < -0.3 is 0 Å². The highest BCUT2D eigenvalue weighted by molar-refractivity contribution is 7.13. The number of tetrazole rings is 1. The minimum absolute atomic E-state index is 0.819. The fourth-order valence-electron chi connectivity index (χ4n) is 0.844. The van der Waals surface area contributed by atoms with Crippen molar-refractivity contribution in [2.75, 3.05) is 0 Å². The van der Waals surface area contributed by atoms with Gasteiger partial charge in [-0.15, -0.1) is 16.4 Å². The van der Waals surface area contributed by atoms with Crippen molar-refractivity contribution in [3.05, 3.63) is 17.5 Å². The zero-order valence-corrected chi connectivity index (χ0v) is 6.75. The maximum Gasteiger partial charge on any atom is 0.191 e. The van der Waals surface area contributed by atoms with Crippen LogP contribution in [0.25, 0.3) is 10.7 Å². The van der Waals surface area contributed by atoms with E-state index in [-0.39, 0.29) is 0 Å². The minimum atomic E-state index is 0.819. The third-order valence-electron chi connectivity index (χ3n) is 1.36. The van der Waals surface area contributed by atoms with Gasteiger partial charge in [0.25, 0.3) is 0 Å². The summed E-state index contributed by atoms with van der Waals surface area (Å²) in [6.45, 7) is 0. The highest BCUT2D eigenvalue weighted by atomic mass is 32.1. The Hall–Kier alpha value is -1.23. The Bertz CT molecular complexity index is 337. The van der Waals surface area contributed by atoms with Gasteiger partial charge in [0, 0.05) is 7.05 Å². The molecule has 0 atom stereocenters. The maximum atomic E-state index is 3.87. The number of aryl methyl sites for hydroxylation is 1. The van der Waals surface area contributed by atoms with Crippen molar-refractivity contribution in [1.29, 1.82) is 0 Å². The summed E-state index contributed by atoms with van der Waals surface area (Å²) in [5.41, 5.74) is 0. The topological polar surface area (TPSA) is 43.6 Å². The molecule has 0 saturated heterocycles. The van der Waals surface area contributed by atoms with E-state index in [1.807, 2.05) is 24.6 Å². The lowest BCUT2D eigenvalue weighted by molar-refractivity contribution is 0.715. The zero-order valence-electron chi connectivity index (χ0n) is 5.93. The first-order chi connectivity index (χ1) is 5.38. The number of hydrogen-bond acceptors (Lipinski definition) is 4. The number of rotatable bonds is 1. The van der Waals surface area contributed by atoms with E-state index in [9.17, 15) is 0 Å². The molecular formula is C6H6N4S. The van der Waals surface area contributed by atoms with E-state index in [1.165, 1.54) is 0 Å². The summed E-state index contributed by atoms with van der Waals surface area (Å²) in [5, 5.41) is 13.2. The van der Waals surface area contributed by atoms with E-state index in [0.29, 0.717) is 0 Å². The van der Waals surface area contributed by atoms with Gasteiger partial charge in [-0.1, -0.05) is 6.07 Å². The molecule has 0 aliphatic rings. The van der Waals surface area contributed by atoms with E-state index >= 15 is 0 Å². The van der Waals surface area contributed by atoms with E-state index in [1.54, 1.807) is 16.0 Å². The SMILES string of the molecule is Cn1nnnc1-c1cccs1. The molecule has 2 heterocycles. The van der Waals surface area contributed by atoms with Crippen LogP contribution in [0.4, 0.5) is 0 Å². The van der Waals surface area contributed by atoms with Gasteiger partial charge >= 0.3 is 0 Å². The Labute approximate surface area is 67.5 Å². The second kappa shape index (κ2) is 2.43. The van der Waals surface area contributed by atoms with Crippen LogP contribution in [-0.2, 0) is 7.05 Å². The Morgan fingerprint density at radius 3 is 3.00 bits per heavy atom. The first kappa shape index (κ1) is 6.48. The normalized spacial score (nSPS) is 10.3. The standard InChI is InChI=1S/C6H6N4S/c1-10-6(7-8-9-10)5-3-2-4-11-5/h2-4H,1H3. The summed E-state index contributed by atoms with van der Waals surface area (Å²) in [7, 11) is 1.83. The number of hydrogen-bond donors (Lipinski definition) is 0. The van der Waals surface area contributed by atoms with E-state index < -0.39 is 0 Å². The number of nitrogens with zero attached hydrogens (tertiary/aromatic N) is 4. The Kier molecular flexibility index (Phi) is 1.43. The second-order valence-corrected chi connectivity index (χ2v) is 3.05. The quantitative estimate of drug-likeness (QED) is 0.633. The van der Waals surface area contributed by atoms with Crippen LogP contribution in [0.3, 0.4) is 0 Å². The molecule has 4 nitrogen and oxygen atoms in total. The molecule has 56 valence electrons. The Balaban J connectivity index is 2.53. The van der Waals surface area contributed by atoms with E-state index in [0.717, 1.165) is 10.7 Å². The van der Waals surface area contributed by atoms with Gasteiger partial charge in [-0.25, -0.2) is 4.68 Å². The van der Waals surface area contributed by atoms with Gasteiger partial charge in [0.1, 0.15) is 0 Å². The third kappa shape index (κ3) is 1.03. The van der Waals surface area contributed by atoms with Crippen molar-refractivity contribution in [2.24, 2.45) is 7.05 Å². The molecule has 0 bridgehead atoms. The smallest absolute Gasteiger partial charge is 0.191 e. The van der Waals surface area contributed by atoms with Gasteiger partial charge in [0.05, 0.1) is 4.88 Å². The maximum absolute atomic E-state index is 3.87. The van der Waals surface area contributed by atoms with Crippen molar-refractivity contribution in [2.45, 2.75) is 0 Å². The molecule has 2 rings (SSSR count). The molecule has 0 amide bonds. The predicted molar refractivity (Wildman–Crippen MR) is 42.1 cm³/mol. The van der Waals surface area contributed by atoms with Crippen molar-refractivity contribution < 1.29 is 0 Å². The summed E-state index contributed by atoms with van der Waals surface area (Å²) in [6, 6.07) is 3.98. The Morgan fingerprint density at radius 2 is 2.45 bits per heavy atom. The highest BCUT2D eigenvalue weighted by Crippen LogP contribution is 2.20. The van der Waals surface area contributed by atoms with Gasteiger partial charge in [0.2, 0.25) is 0 Å². The minimum Gasteiger partial charge on any atom is -0.228 e. The monoisotopic (exact) mass is 166 g/mol. The molecule has 0 aromatic carbocycles. The van der Waals surface area contributed by atoms with Gasteiger partial charge in [0.15, 0.2) is 5.82 Å². The van der Waals surface area contributed by atoms with Crippen LogP contribution in [0.1, 0.15) is 0 Å². The largest absolute Gasteiger partial charge is 0.228 e. The lowest BCUT2D eigenvalue weighted by Crippen LogP contribution is -1.92.